The highest BCUT2D eigenvalue weighted by Gasteiger charge is 2.52. The molecule has 4 fully saturated rings. The van der Waals surface area contributed by atoms with Gasteiger partial charge >= 0.3 is 0 Å². The lowest BCUT2D eigenvalue weighted by molar-refractivity contribution is -0.191. The van der Waals surface area contributed by atoms with E-state index in [2.05, 4.69) is 0 Å². The van der Waals surface area contributed by atoms with Gasteiger partial charge in [0, 0.05) is 0 Å². The van der Waals surface area contributed by atoms with Gasteiger partial charge in [-0.3, -0.25) is 0 Å². The SMILES string of the molecule is OCC(CO)(CO)COC12CC3CC(CC(C3)C1)C2. The summed E-state index contributed by atoms with van der Waals surface area (Å²) in [5, 5.41) is 28.2. The highest BCUT2D eigenvalue weighted by molar-refractivity contribution is 5.03. The van der Waals surface area contributed by atoms with E-state index in [9.17, 15) is 15.3 Å². The molecule has 4 aliphatic rings. The van der Waals surface area contributed by atoms with Gasteiger partial charge in [-0.25, -0.2) is 0 Å². The molecule has 0 amide bonds. The van der Waals surface area contributed by atoms with Crippen LogP contribution >= 0.6 is 0 Å². The molecule has 110 valence electrons. The summed E-state index contributed by atoms with van der Waals surface area (Å²) < 4.78 is 6.20. The molecule has 4 aliphatic carbocycles. The topological polar surface area (TPSA) is 69.9 Å². The van der Waals surface area contributed by atoms with Crippen molar-refractivity contribution in [1.29, 1.82) is 0 Å². The molecule has 4 rings (SSSR count). The molecule has 0 atom stereocenters. The third kappa shape index (κ3) is 2.44. The summed E-state index contributed by atoms with van der Waals surface area (Å²) >= 11 is 0. The van der Waals surface area contributed by atoms with Crippen molar-refractivity contribution in [2.45, 2.75) is 44.1 Å². The average Bonchev–Trinajstić information content (AvgIpc) is 2.39. The fraction of sp³-hybridized carbons (Fsp3) is 1.00. The van der Waals surface area contributed by atoms with Gasteiger partial charge in [-0.2, -0.15) is 0 Å². The normalized spacial score (nSPS) is 40.9. The zero-order chi connectivity index (χ0) is 13.5. The van der Waals surface area contributed by atoms with Crippen LogP contribution in [0.25, 0.3) is 0 Å². The first-order valence-electron chi connectivity index (χ1n) is 7.59. The van der Waals surface area contributed by atoms with Crippen LogP contribution in [-0.2, 0) is 4.74 Å². The maximum absolute atomic E-state index is 9.39. The number of aliphatic hydroxyl groups excluding tert-OH is 3. The largest absolute Gasteiger partial charge is 0.396 e. The highest BCUT2D eigenvalue weighted by Crippen LogP contribution is 2.57. The minimum atomic E-state index is -0.886. The Labute approximate surface area is 114 Å². The van der Waals surface area contributed by atoms with Crippen LogP contribution in [-0.4, -0.2) is 47.3 Å². The Kier molecular flexibility index (Phi) is 3.63. The van der Waals surface area contributed by atoms with E-state index in [-0.39, 0.29) is 32.0 Å². The standard InChI is InChI=1S/C15H26O4/c16-7-14(8-17,9-18)10-19-15-4-11-1-12(5-15)3-13(2-11)6-15/h11-13,16-18H,1-10H2. The summed E-state index contributed by atoms with van der Waals surface area (Å²) in [5.41, 5.74) is -0.914. The molecule has 19 heavy (non-hydrogen) atoms. The van der Waals surface area contributed by atoms with Crippen molar-refractivity contribution in [3.05, 3.63) is 0 Å². The zero-order valence-electron chi connectivity index (χ0n) is 11.6. The predicted octanol–water partition coefficient (Wildman–Crippen LogP) is 0.935. The van der Waals surface area contributed by atoms with Gasteiger partial charge < -0.3 is 20.1 Å². The number of rotatable bonds is 6. The Balaban J connectivity index is 1.66. The van der Waals surface area contributed by atoms with Gasteiger partial charge in [0.2, 0.25) is 0 Å². The molecule has 0 heterocycles. The Morgan fingerprint density at radius 1 is 0.842 bits per heavy atom. The summed E-state index contributed by atoms with van der Waals surface area (Å²) in [5.74, 6) is 2.45. The van der Waals surface area contributed by atoms with Crippen molar-refractivity contribution < 1.29 is 20.1 Å². The summed E-state index contributed by atoms with van der Waals surface area (Å²) in [6.45, 7) is -0.423. The van der Waals surface area contributed by atoms with Crippen LogP contribution < -0.4 is 0 Å². The Hall–Kier alpha value is -0.160. The molecule has 0 aromatic carbocycles. The van der Waals surface area contributed by atoms with E-state index < -0.39 is 5.41 Å². The Morgan fingerprint density at radius 3 is 1.63 bits per heavy atom. The zero-order valence-corrected chi connectivity index (χ0v) is 11.6. The molecule has 0 aromatic heterocycles. The number of aliphatic hydroxyl groups is 3. The third-order valence-corrected chi connectivity index (χ3v) is 5.67. The first kappa shape index (κ1) is 13.8. The minimum absolute atomic E-state index is 0.0283. The lowest BCUT2D eigenvalue weighted by atomic mass is 9.54. The summed E-state index contributed by atoms with van der Waals surface area (Å²) in [6.07, 6.45) is 7.52. The fourth-order valence-corrected chi connectivity index (χ4v) is 4.80. The number of hydrogen-bond donors (Lipinski definition) is 3. The van der Waals surface area contributed by atoms with Crippen molar-refractivity contribution in [3.63, 3.8) is 0 Å². The maximum Gasteiger partial charge on any atom is 0.0690 e. The molecule has 0 saturated heterocycles. The second-order valence-electron chi connectivity index (χ2n) is 7.36. The van der Waals surface area contributed by atoms with Crippen molar-refractivity contribution in [2.24, 2.45) is 23.2 Å². The summed E-state index contributed by atoms with van der Waals surface area (Å²) in [6, 6.07) is 0. The monoisotopic (exact) mass is 270 g/mol. The van der Waals surface area contributed by atoms with E-state index in [0.29, 0.717) is 0 Å². The molecule has 0 aromatic rings. The first-order chi connectivity index (χ1) is 9.12. The van der Waals surface area contributed by atoms with Crippen LogP contribution in [0.1, 0.15) is 38.5 Å². The van der Waals surface area contributed by atoms with Crippen molar-refractivity contribution in [2.75, 3.05) is 26.4 Å². The van der Waals surface area contributed by atoms with E-state index in [4.69, 9.17) is 4.74 Å². The molecular formula is C15H26O4. The number of hydrogen-bond acceptors (Lipinski definition) is 4. The second-order valence-corrected chi connectivity index (χ2v) is 7.36. The van der Waals surface area contributed by atoms with Gasteiger partial charge in [-0.05, 0) is 56.3 Å². The van der Waals surface area contributed by atoms with Gasteiger partial charge in [0.15, 0.2) is 0 Å². The lowest BCUT2D eigenvalue weighted by Crippen LogP contribution is -2.54. The number of ether oxygens (including phenoxy) is 1. The van der Waals surface area contributed by atoms with Crippen molar-refractivity contribution in [1.82, 2.24) is 0 Å². The molecule has 4 saturated carbocycles. The predicted molar refractivity (Wildman–Crippen MR) is 70.5 cm³/mol. The molecule has 4 heteroatoms. The van der Waals surface area contributed by atoms with Crippen LogP contribution in [0, 0.1) is 23.2 Å². The minimum Gasteiger partial charge on any atom is -0.396 e. The molecular weight excluding hydrogens is 244 g/mol. The van der Waals surface area contributed by atoms with E-state index in [1.165, 1.54) is 19.3 Å². The average molecular weight is 270 g/mol. The molecule has 0 radical (unpaired) electrons. The molecule has 0 spiro atoms. The van der Waals surface area contributed by atoms with E-state index >= 15 is 0 Å². The lowest BCUT2D eigenvalue weighted by Gasteiger charge is -2.56. The van der Waals surface area contributed by atoms with Crippen LogP contribution in [0.5, 0.6) is 0 Å². The van der Waals surface area contributed by atoms with Crippen LogP contribution in [0.2, 0.25) is 0 Å². The van der Waals surface area contributed by atoms with Gasteiger partial charge in [-0.1, -0.05) is 0 Å². The maximum atomic E-state index is 9.39. The smallest absolute Gasteiger partial charge is 0.0690 e. The quantitative estimate of drug-likeness (QED) is 0.672. The Bertz CT molecular complexity index is 281. The fourth-order valence-electron chi connectivity index (χ4n) is 4.80. The Morgan fingerprint density at radius 2 is 1.26 bits per heavy atom. The molecule has 0 unspecified atom stereocenters. The summed E-state index contributed by atoms with van der Waals surface area (Å²) in [4.78, 5) is 0. The second kappa shape index (κ2) is 4.99. The van der Waals surface area contributed by atoms with Gasteiger partial charge in [-0.15, -0.1) is 0 Å². The molecule has 0 aliphatic heterocycles. The van der Waals surface area contributed by atoms with Crippen LogP contribution in [0.4, 0.5) is 0 Å². The van der Waals surface area contributed by atoms with Crippen molar-refractivity contribution >= 4 is 0 Å². The van der Waals surface area contributed by atoms with E-state index in [1.807, 2.05) is 0 Å². The third-order valence-electron chi connectivity index (χ3n) is 5.67. The van der Waals surface area contributed by atoms with Gasteiger partial charge in [0.25, 0.3) is 0 Å². The van der Waals surface area contributed by atoms with Gasteiger partial charge in [0.05, 0.1) is 37.4 Å². The molecule has 4 bridgehead atoms. The van der Waals surface area contributed by atoms with Crippen molar-refractivity contribution in [3.8, 4) is 0 Å². The molecule has 3 N–H and O–H groups in total. The van der Waals surface area contributed by atoms with Crippen LogP contribution in [0.3, 0.4) is 0 Å². The van der Waals surface area contributed by atoms with E-state index in [1.54, 1.807) is 0 Å². The first-order valence-corrected chi connectivity index (χ1v) is 7.59. The van der Waals surface area contributed by atoms with Gasteiger partial charge in [0.1, 0.15) is 0 Å². The molecule has 4 nitrogen and oxygen atoms in total. The van der Waals surface area contributed by atoms with E-state index in [0.717, 1.165) is 37.0 Å². The highest BCUT2D eigenvalue weighted by atomic mass is 16.5. The van der Waals surface area contributed by atoms with Crippen LogP contribution in [0.15, 0.2) is 0 Å². The summed E-state index contributed by atoms with van der Waals surface area (Å²) in [7, 11) is 0.